The summed E-state index contributed by atoms with van der Waals surface area (Å²) in [4.78, 5) is 28.4. The number of carbonyl (C=O) groups excluding carboxylic acids is 2. The van der Waals surface area contributed by atoms with Crippen LogP contribution in [0.3, 0.4) is 0 Å². The van der Waals surface area contributed by atoms with E-state index in [4.69, 9.17) is 0 Å². The molecule has 2 atom stereocenters. The standard InChI is InChI=1S/C16H26N6O4S/c1-12(19-27(25,26)14-8-18-20(2)11-14)16(24)21-6-3-4-13(10-21)22-7-5-17-9-15(22)23/h8,11-13,17,19H,3-7,9-10H2,1-2H3. The fraction of sp³-hybridized carbons (Fsp3) is 0.688. The van der Waals surface area contributed by atoms with Crippen LogP contribution in [0.15, 0.2) is 17.3 Å². The minimum atomic E-state index is -3.82. The second kappa shape index (κ2) is 7.95. The largest absolute Gasteiger partial charge is 0.339 e. The summed E-state index contributed by atoms with van der Waals surface area (Å²) >= 11 is 0. The smallest absolute Gasteiger partial charge is 0.244 e. The first-order valence-corrected chi connectivity index (χ1v) is 10.6. The summed E-state index contributed by atoms with van der Waals surface area (Å²) in [6.07, 6.45) is 4.26. The van der Waals surface area contributed by atoms with Crippen molar-refractivity contribution in [1.29, 1.82) is 0 Å². The van der Waals surface area contributed by atoms with Crippen LogP contribution in [-0.4, -0.2) is 84.6 Å². The number of aryl methyl sites for hydroxylation is 1. The molecule has 0 bridgehead atoms. The molecule has 0 aromatic carbocycles. The molecule has 3 heterocycles. The summed E-state index contributed by atoms with van der Waals surface area (Å²) in [6.45, 7) is 4.24. The van der Waals surface area contributed by atoms with Gasteiger partial charge in [0, 0.05) is 45.5 Å². The highest BCUT2D eigenvalue weighted by Crippen LogP contribution is 2.18. The first-order valence-electron chi connectivity index (χ1n) is 9.08. The minimum Gasteiger partial charge on any atom is -0.339 e. The number of nitrogens with zero attached hydrogens (tertiary/aromatic N) is 4. The van der Waals surface area contributed by atoms with Crippen molar-refractivity contribution in [2.24, 2.45) is 7.05 Å². The lowest BCUT2D eigenvalue weighted by atomic mass is 10.0. The molecule has 2 unspecified atom stereocenters. The van der Waals surface area contributed by atoms with E-state index < -0.39 is 16.1 Å². The molecule has 0 radical (unpaired) electrons. The maximum atomic E-state index is 12.8. The number of aromatic nitrogens is 2. The van der Waals surface area contributed by atoms with Gasteiger partial charge in [-0.2, -0.15) is 9.82 Å². The van der Waals surface area contributed by atoms with Gasteiger partial charge in [0.05, 0.1) is 18.8 Å². The van der Waals surface area contributed by atoms with E-state index in [9.17, 15) is 18.0 Å². The molecule has 1 aromatic rings. The quantitative estimate of drug-likeness (QED) is 0.624. The van der Waals surface area contributed by atoms with Crippen molar-refractivity contribution < 1.29 is 18.0 Å². The summed E-state index contributed by atoms with van der Waals surface area (Å²) in [5.41, 5.74) is 0. The summed E-state index contributed by atoms with van der Waals surface area (Å²) in [5.74, 6) is -0.236. The lowest BCUT2D eigenvalue weighted by molar-refractivity contribution is -0.141. The molecule has 2 aliphatic heterocycles. The summed E-state index contributed by atoms with van der Waals surface area (Å²) in [7, 11) is -2.19. The van der Waals surface area contributed by atoms with Gasteiger partial charge in [0.2, 0.25) is 21.8 Å². The van der Waals surface area contributed by atoms with Gasteiger partial charge in [0.1, 0.15) is 4.90 Å². The Kier molecular flexibility index (Phi) is 5.82. The zero-order valence-electron chi connectivity index (χ0n) is 15.6. The Balaban J connectivity index is 1.63. The highest BCUT2D eigenvalue weighted by molar-refractivity contribution is 7.89. The van der Waals surface area contributed by atoms with Crippen molar-refractivity contribution in [2.75, 3.05) is 32.7 Å². The molecule has 150 valence electrons. The number of hydrogen-bond donors (Lipinski definition) is 2. The minimum absolute atomic E-state index is 0.0144. The lowest BCUT2D eigenvalue weighted by Gasteiger charge is -2.41. The Morgan fingerprint density at radius 1 is 1.41 bits per heavy atom. The van der Waals surface area contributed by atoms with E-state index in [-0.39, 0.29) is 22.8 Å². The van der Waals surface area contributed by atoms with Crippen LogP contribution in [0, 0.1) is 0 Å². The zero-order chi connectivity index (χ0) is 19.6. The van der Waals surface area contributed by atoms with Crippen molar-refractivity contribution in [3.05, 3.63) is 12.4 Å². The second-order valence-electron chi connectivity index (χ2n) is 7.04. The molecule has 0 spiro atoms. The van der Waals surface area contributed by atoms with Gasteiger partial charge in [-0.3, -0.25) is 14.3 Å². The van der Waals surface area contributed by atoms with Crippen LogP contribution in [0.4, 0.5) is 0 Å². The third kappa shape index (κ3) is 4.47. The van der Waals surface area contributed by atoms with Crippen LogP contribution < -0.4 is 10.0 Å². The maximum absolute atomic E-state index is 12.8. The van der Waals surface area contributed by atoms with E-state index >= 15 is 0 Å². The van der Waals surface area contributed by atoms with E-state index in [2.05, 4.69) is 15.1 Å². The van der Waals surface area contributed by atoms with Crippen molar-refractivity contribution in [3.63, 3.8) is 0 Å². The topological polar surface area (TPSA) is 117 Å². The first kappa shape index (κ1) is 19.8. The van der Waals surface area contributed by atoms with Gasteiger partial charge < -0.3 is 15.1 Å². The molecule has 0 aliphatic carbocycles. The predicted octanol–water partition coefficient (Wildman–Crippen LogP) is -1.49. The Labute approximate surface area is 158 Å². The fourth-order valence-electron chi connectivity index (χ4n) is 3.58. The molecule has 2 aliphatic rings. The second-order valence-corrected chi connectivity index (χ2v) is 8.75. The third-order valence-corrected chi connectivity index (χ3v) is 6.46. The number of amides is 2. The third-order valence-electron chi connectivity index (χ3n) is 4.97. The Hall–Kier alpha value is -1.98. The number of piperazine rings is 1. The van der Waals surface area contributed by atoms with Gasteiger partial charge in [-0.05, 0) is 19.8 Å². The molecular weight excluding hydrogens is 372 g/mol. The number of hydrogen-bond acceptors (Lipinski definition) is 6. The van der Waals surface area contributed by atoms with Crippen LogP contribution in [0.25, 0.3) is 0 Å². The number of likely N-dealkylation sites (tertiary alicyclic amines) is 1. The Morgan fingerprint density at radius 3 is 2.85 bits per heavy atom. The van der Waals surface area contributed by atoms with Crippen molar-refractivity contribution in [1.82, 2.24) is 29.6 Å². The maximum Gasteiger partial charge on any atom is 0.244 e. The average molecular weight is 398 g/mol. The number of sulfonamides is 1. The summed E-state index contributed by atoms with van der Waals surface area (Å²) < 4.78 is 28.6. The molecule has 2 saturated heterocycles. The van der Waals surface area contributed by atoms with Gasteiger partial charge in [-0.15, -0.1) is 0 Å². The predicted molar refractivity (Wildman–Crippen MR) is 97.2 cm³/mol. The van der Waals surface area contributed by atoms with Crippen molar-refractivity contribution in [2.45, 2.75) is 36.7 Å². The molecule has 3 rings (SSSR count). The SMILES string of the molecule is CC(NS(=O)(=O)c1cnn(C)c1)C(=O)N1CCCC(N2CCNCC2=O)C1. The van der Waals surface area contributed by atoms with Crippen molar-refractivity contribution >= 4 is 21.8 Å². The number of rotatable bonds is 5. The number of piperidine rings is 1. The van der Waals surface area contributed by atoms with Gasteiger partial charge in [-0.25, -0.2) is 8.42 Å². The molecule has 1 aromatic heterocycles. The zero-order valence-corrected chi connectivity index (χ0v) is 16.4. The van der Waals surface area contributed by atoms with E-state index in [1.54, 1.807) is 11.9 Å². The average Bonchev–Trinajstić information content (AvgIpc) is 3.08. The highest BCUT2D eigenvalue weighted by atomic mass is 32.2. The lowest BCUT2D eigenvalue weighted by Crippen LogP contribution is -2.59. The van der Waals surface area contributed by atoms with Gasteiger partial charge in [0.25, 0.3) is 0 Å². The van der Waals surface area contributed by atoms with Crippen LogP contribution in [-0.2, 0) is 26.7 Å². The molecule has 10 nitrogen and oxygen atoms in total. The highest BCUT2D eigenvalue weighted by Gasteiger charge is 2.34. The Bertz CT molecular complexity index is 808. The van der Waals surface area contributed by atoms with Gasteiger partial charge in [-0.1, -0.05) is 0 Å². The summed E-state index contributed by atoms with van der Waals surface area (Å²) in [6, 6.07) is -0.910. The normalized spacial score (nSPS) is 22.7. The van der Waals surface area contributed by atoms with E-state index in [1.807, 2.05) is 4.90 Å². The molecule has 27 heavy (non-hydrogen) atoms. The first-order chi connectivity index (χ1) is 12.8. The molecular formula is C16H26N6O4S. The summed E-state index contributed by atoms with van der Waals surface area (Å²) in [5, 5.41) is 6.90. The van der Waals surface area contributed by atoms with E-state index in [0.717, 1.165) is 19.4 Å². The van der Waals surface area contributed by atoms with Crippen LogP contribution in [0.1, 0.15) is 19.8 Å². The Morgan fingerprint density at radius 2 is 2.19 bits per heavy atom. The molecule has 11 heteroatoms. The molecule has 0 saturated carbocycles. The molecule has 2 fully saturated rings. The van der Waals surface area contributed by atoms with Crippen molar-refractivity contribution in [3.8, 4) is 0 Å². The monoisotopic (exact) mass is 398 g/mol. The molecule has 2 amide bonds. The van der Waals surface area contributed by atoms with E-state index in [0.29, 0.717) is 26.2 Å². The van der Waals surface area contributed by atoms with Crippen LogP contribution in [0.5, 0.6) is 0 Å². The van der Waals surface area contributed by atoms with Crippen LogP contribution >= 0.6 is 0 Å². The van der Waals surface area contributed by atoms with Gasteiger partial charge >= 0.3 is 0 Å². The fourth-order valence-corrected chi connectivity index (χ4v) is 4.76. The number of nitrogens with one attached hydrogen (secondary N) is 2. The molecule has 2 N–H and O–H groups in total. The van der Waals surface area contributed by atoms with Crippen LogP contribution in [0.2, 0.25) is 0 Å². The van der Waals surface area contributed by atoms with E-state index in [1.165, 1.54) is 24.0 Å². The van der Waals surface area contributed by atoms with Gasteiger partial charge in [0.15, 0.2) is 0 Å². The number of carbonyl (C=O) groups is 2.